The molecule has 0 N–H and O–H groups in total. The zero-order valence-corrected chi connectivity index (χ0v) is 10.1. The first-order valence-corrected chi connectivity index (χ1v) is 5.33. The summed E-state index contributed by atoms with van der Waals surface area (Å²) < 4.78 is 0. The van der Waals surface area contributed by atoms with Gasteiger partial charge in [-0.1, -0.05) is 23.6 Å². The van der Waals surface area contributed by atoms with Crippen LogP contribution in [0.1, 0.15) is 22.8 Å². The van der Waals surface area contributed by atoms with Gasteiger partial charge in [-0.05, 0) is 26.0 Å². The van der Waals surface area contributed by atoms with E-state index >= 15 is 0 Å². The lowest BCUT2D eigenvalue weighted by Gasteiger charge is -2.18. The minimum absolute atomic E-state index is 0.0525. The number of carbonyl (C=O) groups excluding carboxylic acids is 2. The predicted octanol–water partition coefficient (Wildman–Crippen LogP) is 1.66. The average Bonchev–Trinajstić information content (AvgIpc) is 2.28. The number of rotatable bonds is 4. The molecule has 88 valence electrons. The van der Waals surface area contributed by atoms with E-state index in [0.717, 1.165) is 5.56 Å². The molecule has 0 heterocycles. The fourth-order valence-corrected chi connectivity index (χ4v) is 1.46. The summed E-state index contributed by atoms with van der Waals surface area (Å²) in [4.78, 5) is 24.5. The van der Waals surface area contributed by atoms with E-state index in [0.29, 0.717) is 5.56 Å². The molecule has 0 atom stereocenters. The second kappa shape index (κ2) is 5.86. The van der Waals surface area contributed by atoms with Crippen LogP contribution in [0.4, 0.5) is 0 Å². The van der Waals surface area contributed by atoms with Crippen LogP contribution in [-0.4, -0.2) is 29.7 Å². The largest absolute Gasteiger partial charge is 0.320 e. The Labute approximate surface area is 101 Å². The molecule has 1 amide bonds. The van der Waals surface area contributed by atoms with Crippen molar-refractivity contribution in [2.45, 2.75) is 13.8 Å². The summed E-state index contributed by atoms with van der Waals surface area (Å²) in [6, 6.07) is 7.19. The van der Waals surface area contributed by atoms with E-state index in [2.05, 4.69) is 5.92 Å². The molecule has 1 aromatic rings. The third-order valence-electron chi connectivity index (χ3n) is 2.28. The van der Waals surface area contributed by atoms with Crippen molar-refractivity contribution in [3.8, 4) is 12.3 Å². The van der Waals surface area contributed by atoms with Crippen molar-refractivity contribution in [2.24, 2.45) is 0 Å². The van der Waals surface area contributed by atoms with Crippen LogP contribution in [0.2, 0.25) is 0 Å². The minimum atomic E-state index is -0.210. The molecule has 0 unspecified atom stereocenters. The van der Waals surface area contributed by atoms with Crippen molar-refractivity contribution < 1.29 is 9.59 Å². The molecule has 1 aromatic carbocycles. The Balaban J connectivity index is 2.88. The van der Waals surface area contributed by atoms with Gasteiger partial charge in [0.2, 0.25) is 0 Å². The summed E-state index contributed by atoms with van der Waals surface area (Å²) in [5.41, 5.74) is 1.63. The second-order valence-corrected chi connectivity index (χ2v) is 3.93. The van der Waals surface area contributed by atoms with Crippen molar-refractivity contribution in [3.63, 3.8) is 0 Å². The number of Topliss-reactive ketones (excluding diaryl/α,β-unsaturated/α-hetero) is 1. The Kier molecular flexibility index (Phi) is 4.47. The summed E-state index contributed by atoms with van der Waals surface area (Å²) in [6.07, 6.45) is 5.19. The van der Waals surface area contributed by atoms with Crippen LogP contribution < -0.4 is 0 Å². The summed E-state index contributed by atoms with van der Waals surface area (Å²) in [5.74, 6) is 2.10. The van der Waals surface area contributed by atoms with E-state index in [1.807, 2.05) is 19.1 Å². The second-order valence-electron chi connectivity index (χ2n) is 3.93. The molecule has 0 spiro atoms. The van der Waals surface area contributed by atoms with Crippen LogP contribution in [0.5, 0.6) is 0 Å². The van der Waals surface area contributed by atoms with Gasteiger partial charge in [0.15, 0.2) is 0 Å². The molecular weight excluding hydrogens is 214 g/mol. The maximum Gasteiger partial charge on any atom is 0.255 e. The third kappa shape index (κ3) is 3.76. The lowest BCUT2D eigenvalue weighted by Crippen LogP contribution is -2.35. The number of aryl methyl sites for hydroxylation is 1. The van der Waals surface area contributed by atoms with Gasteiger partial charge in [-0.2, -0.15) is 0 Å². The maximum absolute atomic E-state index is 12.1. The van der Waals surface area contributed by atoms with Crippen LogP contribution in [0.15, 0.2) is 24.3 Å². The summed E-state index contributed by atoms with van der Waals surface area (Å²) in [7, 11) is 0. The predicted molar refractivity (Wildman–Crippen MR) is 66.6 cm³/mol. The van der Waals surface area contributed by atoms with Gasteiger partial charge in [-0.25, -0.2) is 0 Å². The molecule has 0 aliphatic rings. The normalized spacial score (nSPS) is 9.47. The highest BCUT2D eigenvalue weighted by Crippen LogP contribution is 2.07. The summed E-state index contributed by atoms with van der Waals surface area (Å²) in [5, 5.41) is 0. The van der Waals surface area contributed by atoms with Crippen LogP contribution >= 0.6 is 0 Å². The number of amides is 1. The lowest BCUT2D eigenvalue weighted by atomic mass is 10.1. The Morgan fingerprint density at radius 2 is 1.88 bits per heavy atom. The molecule has 0 fully saturated rings. The van der Waals surface area contributed by atoms with Gasteiger partial charge in [0.05, 0.1) is 13.1 Å². The van der Waals surface area contributed by atoms with Gasteiger partial charge in [0, 0.05) is 5.56 Å². The smallest absolute Gasteiger partial charge is 0.255 e. The Hall–Kier alpha value is -2.08. The molecule has 0 saturated heterocycles. The minimum Gasteiger partial charge on any atom is -0.320 e. The summed E-state index contributed by atoms with van der Waals surface area (Å²) >= 11 is 0. The Morgan fingerprint density at radius 1 is 1.29 bits per heavy atom. The highest BCUT2D eigenvalue weighted by atomic mass is 16.2. The molecule has 3 heteroatoms. The molecule has 0 aliphatic carbocycles. The standard InChI is InChI=1S/C14H15NO2/c1-4-9-15(10-12(3)16)14(17)13-7-5-11(2)6-8-13/h1,5-8H,9-10H2,2-3H3. The van der Waals surface area contributed by atoms with Crippen LogP contribution in [0.3, 0.4) is 0 Å². The van der Waals surface area contributed by atoms with Gasteiger partial charge >= 0.3 is 0 Å². The van der Waals surface area contributed by atoms with E-state index in [9.17, 15) is 9.59 Å². The van der Waals surface area contributed by atoms with E-state index in [-0.39, 0.29) is 24.8 Å². The molecule has 0 bridgehead atoms. The quantitative estimate of drug-likeness (QED) is 0.736. The fourth-order valence-electron chi connectivity index (χ4n) is 1.46. The SMILES string of the molecule is C#CCN(CC(C)=O)C(=O)c1ccc(C)cc1. The lowest BCUT2D eigenvalue weighted by molar-refractivity contribution is -0.117. The van der Waals surface area contributed by atoms with Gasteiger partial charge in [-0.15, -0.1) is 6.42 Å². The van der Waals surface area contributed by atoms with Crippen LogP contribution in [0.25, 0.3) is 0 Å². The van der Waals surface area contributed by atoms with E-state index < -0.39 is 0 Å². The average molecular weight is 229 g/mol. The number of nitrogens with zero attached hydrogens (tertiary/aromatic N) is 1. The first kappa shape index (κ1) is 13.0. The maximum atomic E-state index is 12.1. The first-order chi connectivity index (χ1) is 8.04. The molecule has 0 saturated carbocycles. The van der Waals surface area contributed by atoms with Crippen molar-refractivity contribution >= 4 is 11.7 Å². The molecule has 3 nitrogen and oxygen atoms in total. The van der Waals surface area contributed by atoms with Crippen LogP contribution in [-0.2, 0) is 4.79 Å². The zero-order valence-electron chi connectivity index (χ0n) is 10.1. The van der Waals surface area contributed by atoms with E-state index in [4.69, 9.17) is 6.42 Å². The van der Waals surface area contributed by atoms with E-state index in [1.165, 1.54) is 11.8 Å². The molecule has 0 aliphatic heterocycles. The first-order valence-electron chi connectivity index (χ1n) is 5.33. The number of hydrogen-bond donors (Lipinski definition) is 0. The van der Waals surface area contributed by atoms with Crippen molar-refractivity contribution in [1.82, 2.24) is 4.90 Å². The fraction of sp³-hybridized carbons (Fsp3) is 0.286. The number of ketones is 1. The highest BCUT2D eigenvalue weighted by molar-refractivity contribution is 5.96. The Bertz CT molecular complexity index is 454. The number of carbonyl (C=O) groups is 2. The number of hydrogen-bond acceptors (Lipinski definition) is 2. The topological polar surface area (TPSA) is 37.4 Å². The van der Waals surface area contributed by atoms with Crippen molar-refractivity contribution in [3.05, 3.63) is 35.4 Å². The Morgan fingerprint density at radius 3 is 2.35 bits per heavy atom. The monoisotopic (exact) mass is 229 g/mol. The molecule has 0 aromatic heterocycles. The molecule has 1 rings (SSSR count). The number of terminal acetylenes is 1. The molecule has 0 radical (unpaired) electrons. The van der Waals surface area contributed by atoms with Gasteiger partial charge in [0.25, 0.3) is 5.91 Å². The highest BCUT2D eigenvalue weighted by Gasteiger charge is 2.15. The zero-order chi connectivity index (χ0) is 12.8. The number of benzene rings is 1. The van der Waals surface area contributed by atoms with Gasteiger partial charge in [-0.3, -0.25) is 9.59 Å². The summed E-state index contributed by atoms with van der Waals surface area (Å²) in [6.45, 7) is 3.58. The van der Waals surface area contributed by atoms with E-state index in [1.54, 1.807) is 12.1 Å². The van der Waals surface area contributed by atoms with Crippen molar-refractivity contribution in [2.75, 3.05) is 13.1 Å². The van der Waals surface area contributed by atoms with Crippen LogP contribution in [0, 0.1) is 19.3 Å². The molecular formula is C14H15NO2. The van der Waals surface area contributed by atoms with Gasteiger partial charge in [0.1, 0.15) is 5.78 Å². The van der Waals surface area contributed by atoms with Gasteiger partial charge < -0.3 is 4.90 Å². The third-order valence-corrected chi connectivity index (χ3v) is 2.28. The molecule has 17 heavy (non-hydrogen) atoms. The van der Waals surface area contributed by atoms with Crippen molar-refractivity contribution in [1.29, 1.82) is 0 Å².